The Morgan fingerprint density at radius 1 is 1.08 bits per heavy atom. The minimum absolute atomic E-state index is 0.0179. The van der Waals surface area contributed by atoms with Crippen molar-refractivity contribution in [1.29, 1.82) is 0 Å². The molecule has 0 fully saturated rings. The van der Waals surface area contributed by atoms with E-state index < -0.39 is 0 Å². The first-order valence-electron chi connectivity index (χ1n) is 9.11. The van der Waals surface area contributed by atoms with Gasteiger partial charge in [-0.1, -0.05) is 60.2 Å². The Kier molecular flexibility index (Phi) is 7.71. The predicted octanol–water partition coefficient (Wildman–Crippen LogP) is 4.51. The molecule has 0 heterocycles. The van der Waals surface area contributed by atoms with Gasteiger partial charge in [0.1, 0.15) is 21.9 Å². The van der Waals surface area contributed by atoms with Crippen molar-refractivity contribution < 1.29 is 9.84 Å². The number of hydrogen-bond donors (Lipinski definition) is 2. The van der Waals surface area contributed by atoms with Gasteiger partial charge in [-0.15, -0.1) is 4.72 Å². The Labute approximate surface area is 161 Å². The van der Waals surface area contributed by atoms with Gasteiger partial charge in [0.2, 0.25) is 5.94 Å². The molecule has 3 nitrogen and oxygen atoms in total. The van der Waals surface area contributed by atoms with Crippen LogP contribution in [0.15, 0.2) is 54.6 Å². The molecule has 2 aromatic rings. The molecule has 0 radical (unpaired) electrons. The van der Waals surface area contributed by atoms with Crippen molar-refractivity contribution in [2.45, 2.75) is 58.1 Å². The highest BCUT2D eigenvalue weighted by Crippen LogP contribution is 2.26. The molecule has 4 heteroatoms. The van der Waals surface area contributed by atoms with Crippen molar-refractivity contribution >= 4 is 11.1 Å². The normalized spacial score (nSPS) is 15.5. The lowest BCUT2D eigenvalue weighted by Gasteiger charge is -2.29. The van der Waals surface area contributed by atoms with Gasteiger partial charge in [0.25, 0.3) is 0 Å². The van der Waals surface area contributed by atoms with Crippen LogP contribution < -0.4 is 4.72 Å². The zero-order valence-electron chi connectivity index (χ0n) is 16.5. The van der Waals surface area contributed by atoms with Crippen LogP contribution in [0.25, 0.3) is 0 Å². The lowest BCUT2D eigenvalue weighted by molar-refractivity contribution is 0.0321. The third-order valence-electron chi connectivity index (χ3n) is 4.36. The molecule has 142 valence electrons. The van der Waals surface area contributed by atoms with E-state index in [1.54, 1.807) is 0 Å². The van der Waals surface area contributed by atoms with Crippen LogP contribution in [0.4, 0.5) is 0 Å². The van der Waals surface area contributed by atoms with E-state index in [2.05, 4.69) is 75.7 Å². The van der Waals surface area contributed by atoms with Crippen LogP contribution in [0.1, 0.15) is 50.4 Å². The first kappa shape index (κ1) is 21.0. The molecule has 0 aliphatic carbocycles. The van der Waals surface area contributed by atoms with Crippen LogP contribution in [0.2, 0.25) is 0 Å². The van der Waals surface area contributed by atoms with Crippen LogP contribution in [-0.4, -0.2) is 21.9 Å². The zero-order valence-corrected chi connectivity index (χ0v) is 17.3. The molecule has 0 amide bonds. The predicted molar refractivity (Wildman–Crippen MR) is 112 cm³/mol. The Morgan fingerprint density at radius 3 is 2.35 bits per heavy atom. The third-order valence-corrected chi connectivity index (χ3v) is 6.64. The van der Waals surface area contributed by atoms with E-state index in [1.807, 2.05) is 18.2 Å². The molecule has 3 atom stereocenters. The Hall–Kier alpha value is -1.33. The molecule has 0 saturated heterocycles. The second-order valence-corrected chi connectivity index (χ2v) is 10.1. The smallest absolute Gasteiger partial charge is 0.225 e. The van der Waals surface area contributed by atoms with Gasteiger partial charge >= 0.3 is 0 Å². The molecule has 0 saturated carbocycles. The van der Waals surface area contributed by atoms with Gasteiger partial charge in [-0.05, 0) is 45.7 Å². The summed E-state index contributed by atoms with van der Waals surface area (Å²) < 4.78 is 9.86. The van der Waals surface area contributed by atoms with Crippen molar-refractivity contribution in [2.75, 3.05) is 5.94 Å². The maximum Gasteiger partial charge on any atom is 0.225 e. The summed E-state index contributed by atoms with van der Waals surface area (Å²) in [5.41, 5.74) is 3.59. The maximum atomic E-state index is 9.91. The van der Waals surface area contributed by atoms with E-state index >= 15 is 0 Å². The van der Waals surface area contributed by atoms with E-state index in [1.165, 1.54) is 16.7 Å². The van der Waals surface area contributed by atoms with Gasteiger partial charge in [0.15, 0.2) is 0 Å². The van der Waals surface area contributed by atoms with Gasteiger partial charge in [0, 0.05) is 0 Å². The number of aliphatic hydroxyl groups excluding tert-OH is 1. The van der Waals surface area contributed by atoms with Crippen LogP contribution in [0.3, 0.4) is 0 Å². The van der Waals surface area contributed by atoms with E-state index in [0.717, 1.165) is 0 Å². The number of aliphatic hydroxyl groups is 1. The van der Waals surface area contributed by atoms with Crippen molar-refractivity contribution in [1.82, 2.24) is 4.72 Å². The van der Waals surface area contributed by atoms with Crippen molar-refractivity contribution in [2.24, 2.45) is 0 Å². The zero-order chi connectivity index (χ0) is 19.2. The summed E-state index contributed by atoms with van der Waals surface area (Å²) in [5, 5.41) is 9.91. The molecule has 0 aromatic heterocycles. The fourth-order valence-electron chi connectivity index (χ4n) is 2.76. The van der Waals surface area contributed by atoms with Crippen LogP contribution in [0, 0.1) is 6.92 Å². The second-order valence-electron chi connectivity index (χ2n) is 7.64. The molecule has 0 bridgehead atoms. The SMILES string of the molecule is Cc1cccc([C@H](N[S+](CO)C(C)(C)C)[C@H](C)OCc2ccccc2)c1. The first-order valence-corrected chi connectivity index (χ1v) is 10.5. The average molecular weight is 375 g/mol. The van der Waals surface area contributed by atoms with Gasteiger partial charge in [-0.25, -0.2) is 0 Å². The lowest BCUT2D eigenvalue weighted by atomic mass is 10.0. The standard InChI is InChI=1S/C22H32NO2S/c1-17-10-9-13-20(14-17)21(23-26(16-24)22(3,4)5)18(2)25-15-19-11-7-6-8-12-19/h6-14,18,21,23-24H,15-16H2,1-5H3/q+1/t18-,21+,26?/m0/s1. The van der Waals surface area contributed by atoms with Gasteiger partial charge in [-0.3, -0.25) is 0 Å². The first-order chi connectivity index (χ1) is 12.3. The van der Waals surface area contributed by atoms with Gasteiger partial charge in [0.05, 0.1) is 12.7 Å². The molecule has 2 rings (SSSR count). The van der Waals surface area contributed by atoms with Crippen LogP contribution >= 0.6 is 0 Å². The summed E-state index contributed by atoms with van der Waals surface area (Å²) in [6.07, 6.45) is -0.0269. The van der Waals surface area contributed by atoms with E-state index in [0.29, 0.717) is 6.61 Å². The van der Waals surface area contributed by atoms with Gasteiger partial charge in [-0.2, -0.15) is 0 Å². The minimum atomic E-state index is -0.329. The molecule has 1 unspecified atom stereocenters. The lowest BCUT2D eigenvalue weighted by Crippen LogP contribution is -2.46. The molecule has 0 aliphatic rings. The second kappa shape index (κ2) is 9.56. The summed E-state index contributed by atoms with van der Waals surface area (Å²) in [6.45, 7) is 11.2. The molecular weight excluding hydrogens is 342 g/mol. The Morgan fingerprint density at radius 2 is 1.77 bits per heavy atom. The van der Waals surface area contributed by atoms with Crippen LogP contribution in [0.5, 0.6) is 0 Å². The maximum absolute atomic E-state index is 9.91. The topological polar surface area (TPSA) is 41.5 Å². The van der Waals surface area contributed by atoms with E-state index in [4.69, 9.17) is 4.74 Å². The largest absolute Gasteiger partial charge is 0.372 e. The van der Waals surface area contributed by atoms with Crippen molar-refractivity contribution in [3.8, 4) is 0 Å². The fourth-order valence-corrected chi connectivity index (χ4v) is 4.21. The summed E-state index contributed by atoms with van der Waals surface area (Å²) in [7, 11) is 0. The van der Waals surface area contributed by atoms with Gasteiger partial charge < -0.3 is 9.84 Å². The molecule has 2 N–H and O–H groups in total. The van der Waals surface area contributed by atoms with E-state index in [-0.39, 0.29) is 33.9 Å². The molecule has 2 aromatic carbocycles. The summed E-state index contributed by atoms with van der Waals surface area (Å²) in [6, 6.07) is 18.8. The molecule has 26 heavy (non-hydrogen) atoms. The minimum Gasteiger partial charge on any atom is -0.372 e. The number of benzene rings is 2. The number of nitrogens with one attached hydrogen (secondary N) is 1. The average Bonchev–Trinajstić information content (AvgIpc) is 2.60. The molecular formula is C22H32NO2S+. The number of rotatable bonds is 8. The van der Waals surface area contributed by atoms with E-state index in [9.17, 15) is 5.11 Å². The van der Waals surface area contributed by atoms with Crippen molar-refractivity contribution in [3.05, 3.63) is 71.3 Å². The van der Waals surface area contributed by atoms with Crippen LogP contribution in [-0.2, 0) is 22.4 Å². The monoisotopic (exact) mass is 374 g/mol. The third kappa shape index (κ3) is 6.13. The summed E-state index contributed by atoms with van der Waals surface area (Å²) >= 11 is -0.329. The Balaban J connectivity index is 2.18. The highest BCUT2D eigenvalue weighted by atomic mass is 32.2. The highest BCUT2D eigenvalue weighted by molar-refractivity contribution is 7.96. The summed E-state index contributed by atoms with van der Waals surface area (Å²) in [4.78, 5) is 0. The molecule has 0 spiro atoms. The number of aryl methyl sites for hydroxylation is 1. The highest BCUT2D eigenvalue weighted by Gasteiger charge is 2.38. The number of hydrogen-bond acceptors (Lipinski definition) is 3. The fraction of sp³-hybridized carbons (Fsp3) is 0.455. The molecule has 0 aliphatic heterocycles. The summed E-state index contributed by atoms with van der Waals surface area (Å²) in [5.74, 6) is 0.122. The van der Waals surface area contributed by atoms with Crippen molar-refractivity contribution in [3.63, 3.8) is 0 Å². The Bertz CT molecular complexity index is 669. The number of ether oxygens (including phenoxy) is 1. The quantitative estimate of drug-likeness (QED) is 0.668.